The van der Waals surface area contributed by atoms with E-state index in [1.807, 2.05) is 24.3 Å². The third kappa shape index (κ3) is 20.7. The highest BCUT2D eigenvalue weighted by Gasteiger charge is 2.31. The molecular formula is C42H64N18O8S. The Morgan fingerprint density at radius 1 is 0.580 bits per heavy atom. The van der Waals surface area contributed by atoms with E-state index in [4.69, 9.17) is 56.3 Å². The summed E-state index contributed by atoms with van der Waals surface area (Å²) in [7, 11) is 0. The van der Waals surface area contributed by atoms with E-state index in [0.717, 1.165) is 22.5 Å². The van der Waals surface area contributed by atoms with Gasteiger partial charge in [0.05, 0.1) is 11.5 Å². The van der Waals surface area contributed by atoms with E-state index in [1.165, 1.54) is 0 Å². The van der Waals surface area contributed by atoms with Crippen molar-refractivity contribution in [2.75, 3.05) is 32.8 Å². The smallest absolute Gasteiger partial charge is 0.290 e. The number of benzene rings is 2. The third-order valence-corrected chi connectivity index (χ3v) is 10.8. The van der Waals surface area contributed by atoms with Gasteiger partial charge in [0.15, 0.2) is 23.8 Å². The molecule has 4 atom stereocenters. The minimum atomic E-state index is -1.29. The molecule has 0 radical (unpaired) electrons. The minimum absolute atomic E-state index is 0.00208. The van der Waals surface area contributed by atoms with Crippen molar-refractivity contribution < 1.29 is 38.3 Å². The Labute approximate surface area is 402 Å². The number of hydrogen-bond donors (Lipinski definition) is 14. The van der Waals surface area contributed by atoms with Gasteiger partial charge in [-0.2, -0.15) is 0 Å². The van der Waals surface area contributed by atoms with Crippen molar-refractivity contribution in [2.45, 2.75) is 88.4 Å². The van der Waals surface area contributed by atoms with E-state index in [9.17, 15) is 33.6 Å². The average Bonchev–Trinajstić information content (AvgIpc) is 3.61. The summed E-state index contributed by atoms with van der Waals surface area (Å²) >= 11 is 0.813. The molecule has 1 aliphatic rings. The SMILES string of the molecule is NC(=O)[C@H](CCCN=C(N)N)NC(=O)[C@H](CCCN=C(N)N)NC(=O)[C@H](CCCN=C(N)N)NC(=O)[C@H](CCCN=C(N)N)NC(=O)CCCOc1ccc(/C=C2\SC(=O)NC2=O)c2ccccc12. The number of aliphatic imine (C=N–C) groups is 4. The summed E-state index contributed by atoms with van der Waals surface area (Å²) < 4.78 is 6.07. The second-order valence-corrected chi connectivity index (χ2v) is 16.5. The molecule has 26 nitrogen and oxygen atoms in total. The molecule has 7 amide bonds. The van der Waals surface area contributed by atoms with E-state index < -0.39 is 64.8 Å². The number of primary amides is 1. The van der Waals surface area contributed by atoms with Crippen LogP contribution in [0.5, 0.6) is 5.75 Å². The summed E-state index contributed by atoms with van der Waals surface area (Å²) in [5.41, 5.74) is 49.9. The molecule has 0 aliphatic carbocycles. The summed E-state index contributed by atoms with van der Waals surface area (Å²) in [5.74, 6) is -4.25. The van der Waals surface area contributed by atoms with Crippen LogP contribution >= 0.6 is 11.8 Å². The van der Waals surface area contributed by atoms with Gasteiger partial charge in [0.25, 0.3) is 11.1 Å². The fourth-order valence-electron chi connectivity index (χ4n) is 6.71. The van der Waals surface area contributed by atoms with Gasteiger partial charge in [-0.1, -0.05) is 30.3 Å². The number of imide groups is 1. The van der Waals surface area contributed by atoms with Crippen molar-refractivity contribution in [1.82, 2.24) is 26.6 Å². The highest BCUT2D eigenvalue weighted by Crippen LogP contribution is 2.33. The fourth-order valence-corrected chi connectivity index (χ4v) is 7.39. The maximum absolute atomic E-state index is 14.1. The second-order valence-electron chi connectivity index (χ2n) is 15.5. The first-order valence-electron chi connectivity index (χ1n) is 21.9. The fraction of sp³-hybridized carbons (Fsp3) is 0.452. The predicted octanol–water partition coefficient (Wildman–Crippen LogP) is -3.04. The maximum atomic E-state index is 14.1. The largest absolute Gasteiger partial charge is 0.493 e. The number of carbonyl (C=O) groups is 7. The normalized spacial score (nSPS) is 14.2. The zero-order valence-electron chi connectivity index (χ0n) is 38.1. The summed E-state index contributed by atoms with van der Waals surface area (Å²) in [6.45, 7) is 0.588. The summed E-state index contributed by atoms with van der Waals surface area (Å²) in [5, 5.41) is 14.0. The molecule has 1 fully saturated rings. The van der Waals surface area contributed by atoms with Crippen LogP contribution < -0.4 is 82.9 Å². The molecule has 3 rings (SSSR count). The van der Waals surface area contributed by atoms with Gasteiger partial charge < -0.3 is 77.6 Å². The van der Waals surface area contributed by atoms with E-state index in [1.54, 1.807) is 18.2 Å². The second kappa shape index (κ2) is 29.0. The van der Waals surface area contributed by atoms with E-state index in [2.05, 4.69) is 46.6 Å². The molecule has 2 aromatic rings. The van der Waals surface area contributed by atoms with Crippen LogP contribution in [0.4, 0.5) is 4.79 Å². The van der Waals surface area contributed by atoms with Crippen LogP contribution in [0, 0.1) is 0 Å². The number of nitrogens with zero attached hydrogens (tertiary/aromatic N) is 4. The van der Waals surface area contributed by atoms with Crippen LogP contribution in [0.25, 0.3) is 16.8 Å². The first kappa shape index (κ1) is 55.5. The van der Waals surface area contributed by atoms with Crippen molar-refractivity contribution in [2.24, 2.45) is 71.6 Å². The molecule has 1 aliphatic heterocycles. The summed E-state index contributed by atoms with van der Waals surface area (Å²) in [6, 6.07) is 5.98. The Morgan fingerprint density at radius 3 is 1.45 bits per heavy atom. The third-order valence-electron chi connectivity index (χ3n) is 10.0. The molecule has 23 N–H and O–H groups in total. The van der Waals surface area contributed by atoms with Gasteiger partial charge in [0, 0.05) is 38.0 Å². The lowest BCUT2D eigenvalue weighted by molar-refractivity contribution is -0.134. The van der Waals surface area contributed by atoms with Crippen molar-refractivity contribution >= 4 is 93.1 Å². The summed E-state index contributed by atoms with van der Waals surface area (Å²) in [6.07, 6.45) is 2.89. The lowest BCUT2D eigenvalue weighted by atomic mass is 10.0. The Morgan fingerprint density at radius 2 is 1.01 bits per heavy atom. The van der Waals surface area contributed by atoms with Gasteiger partial charge in [0.2, 0.25) is 29.5 Å². The van der Waals surface area contributed by atoms with Crippen LogP contribution in [0.15, 0.2) is 61.3 Å². The van der Waals surface area contributed by atoms with Crippen LogP contribution in [-0.4, -0.2) is 121 Å². The number of amides is 7. The van der Waals surface area contributed by atoms with Crippen molar-refractivity contribution in [3.63, 3.8) is 0 Å². The Balaban J connectivity index is 1.77. The lowest BCUT2D eigenvalue weighted by Gasteiger charge is -2.26. The van der Waals surface area contributed by atoms with E-state index >= 15 is 0 Å². The number of thioether (sulfide) groups is 1. The highest BCUT2D eigenvalue weighted by molar-refractivity contribution is 8.18. The van der Waals surface area contributed by atoms with Gasteiger partial charge in [-0.05, 0) is 92.6 Å². The number of hydrogen-bond acceptors (Lipinski definition) is 13. The Bertz CT molecular complexity index is 2290. The zero-order valence-corrected chi connectivity index (χ0v) is 38.9. The van der Waals surface area contributed by atoms with Gasteiger partial charge in [-0.25, -0.2) is 0 Å². The standard InChI is InChI=1S/C42H64N18O8S/c43-33(62)26(10-3-17-52-38(44)45)57-35(64)28(12-5-19-54-40(48)49)59-36(65)29(13-6-20-55-41(50)51)58-34(63)27(11-4-18-53-39(46)47)56-32(61)14-7-21-68-30-16-15-23(24-8-1-2-9-25(24)30)22-31-37(66)60-42(67)69-31/h1-2,8-9,15-16,22,26-29H,3-7,10-14,17-21H2,(H2,43,62)(H,56,61)(H,57,64)(H,58,63)(H,59,65)(H4,44,45,52)(H4,46,47,53)(H4,48,49,54)(H4,50,51,55)(H,60,66,67)/b31-22-/t26-,27-,28-,29-/m0/s1. The number of nitrogens with one attached hydrogen (secondary N) is 5. The Kier molecular flexibility index (Phi) is 23.3. The van der Waals surface area contributed by atoms with Crippen molar-refractivity contribution in [3.05, 3.63) is 46.9 Å². The monoisotopic (exact) mass is 980 g/mol. The maximum Gasteiger partial charge on any atom is 0.290 e. The van der Waals surface area contributed by atoms with Gasteiger partial charge >= 0.3 is 0 Å². The summed E-state index contributed by atoms with van der Waals surface area (Å²) in [4.78, 5) is 107. The van der Waals surface area contributed by atoms with Crippen molar-refractivity contribution in [3.8, 4) is 5.75 Å². The van der Waals surface area contributed by atoms with Crippen LogP contribution in [0.1, 0.15) is 69.8 Å². The van der Waals surface area contributed by atoms with Crippen LogP contribution in [0.3, 0.4) is 0 Å². The molecule has 2 aromatic carbocycles. The van der Waals surface area contributed by atoms with Crippen molar-refractivity contribution in [1.29, 1.82) is 0 Å². The van der Waals surface area contributed by atoms with Gasteiger partial charge in [-0.15, -0.1) is 0 Å². The molecule has 1 heterocycles. The number of rotatable bonds is 30. The first-order valence-corrected chi connectivity index (χ1v) is 22.8. The number of carbonyl (C=O) groups excluding carboxylic acids is 7. The molecular weight excluding hydrogens is 917 g/mol. The van der Waals surface area contributed by atoms with Crippen LogP contribution in [0.2, 0.25) is 0 Å². The molecule has 0 bridgehead atoms. The molecule has 0 spiro atoms. The molecule has 1 saturated heterocycles. The molecule has 0 saturated carbocycles. The van der Waals surface area contributed by atoms with E-state index in [0.29, 0.717) is 11.3 Å². The molecule has 69 heavy (non-hydrogen) atoms. The minimum Gasteiger partial charge on any atom is -0.493 e. The van der Waals surface area contributed by atoms with Gasteiger partial charge in [0.1, 0.15) is 29.9 Å². The Hall–Kier alpha value is -7.84. The number of fused-ring (bicyclic) bond motifs is 1. The molecule has 0 unspecified atom stereocenters. The molecule has 0 aromatic heterocycles. The van der Waals surface area contributed by atoms with E-state index in [-0.39, 0.29) is 126 Å². The molecule has 27 heteroatoms. The zero-order chi connectivity index (χ0) is 50.9. The first-order chi connectivity index (χ1) is 32.8. The number of nitrogens with two attached hydrogens (primary N) is 9. The number of guanidine groups is 4. The molecule has 376 valence electrons. The predicted molar refractivity (Wildman–Crippen MR) is 264 cm³/mol. The highest BCUT2D eigenvalue weighted by atomic mass is 32.2. The van der Waals surface area contributed by atoms with Gasteiger partial charge in [-0.3, -0.25) is 58.8 Å². The quantitative estimate of drug-likeness (QED) is 0.0160. The topological polar surface area (TPSA) is 472 Å². The van der Waals surface area contributed by atoms with Crippen LogP contribution in [-0.2, 0) is 28.8 Å². The average molecular weight is 981 g/mol. The number of ether oxygens (including phenoxy) is 1. The lowest BCUT2D eigenvalue weighted by Crippen LogP contribution is -2.58.